The maximum absolute atomic E-state index is 12.7. The van der Waals surface area contributed by atoms with E-state index in [1.165, 1.54) is 4.90 Å². The summed E-state index contributed by atoms with van der Waals surface area (Å²) in [7, 11) is 0. The minimum atomic E-state index is -4.46. The Morgan fingerprint density at radius 1 is 1.41 bits per heavy atom. The van der Waals surface area contributed by atoms with Crippen LogP contribution in [0.4, 0.5) is 13.2 Å². The van der Waals surface area contributed by atoms with Crippen LogP contribution in [0, 0.1) is 5.92 Å². The number of likely N-dealkylation sites (tertiary alicyclic amines) is 1. The average Bonchev–Trinajstić information content (AvgIpc) is 2.24. The molecule has 0 bridgehead atoms. The minimum absolute atomic E-state index is 0.343. The van der Waals surface area contributed by atoms with Crippen molar-refractivity contribution in [2.45, 2.75) is 44.8 Å². The molecule has 1 unspecified atom stereocenters. The highest BCUT2D eigenvalue weighted by Crippen LogP contribution is 2.31. The Morgan fingerprint density at radius 2 is 1.94 bits per heavy atom. The van der Waals surface area contributed by atoms with Crippen LogP contribution in [-0.2, 0) is 4.79 Å². The summed E-state index contributed by atoms with van der Waals surface area (Å²) in [5, 5.41) is 8.55. The molecule has 1 aliphatic heterocycles. The molecular formula is C11H18F3NO2. The zero-order valence-electron chi connectivity index (χ0n) is 9.83. The van der Waals surface area contributed by atoms with Crippen LogP contribution < -0.4 is 0 Å². The molecule has 0 spiro atoms. The molecule has 1 rings (SSSR count). The van der Waals surface area contributed by atoms with Crippen LogP contribution in [0.15, 0.2) is 0 Å². The van der Waals surface area contributed by atoms with Crippen molar-refractivity contribution in [2.75, 3.05) is 13.1 Å². The third-order valence-corrected chi connectivity index (χ3v) is 3.41. The monoisotopic (exact) mass is 253 g/mol. The first-order valence-electron chi connectivity index (χ1n) is 5.87. The molecule has 0 aromatic carbocycles. The van der Waals surface area contributed by atoms with E-state index in [0.29, 0.717) is 19.0 Å². The lowest BCUT2D eigenvalue weighted by Gasteiger charge is -2.37. The number of aliphatic carboxylic acids is 1. The molecule has 1 N–H and O–H groups in total. The fourth-order valence-corrected chi connectivity index (χ4v) is 2.29. The molecule has 0 amide bonds. The Morgan fingerprint density at radius 3 is 2.29 bits per heavy atom. The van der Waals surface area contributed by atoms with Gasteiger partial charge >= 0.3 is 12.1 Å². The van der Waals surface area contributed by atoms with Crippen LogP contribution in [0.5, 0.6) is 0 Å². The van der Waals surface area contributed by atoms with Crippen molar-refractivity contribution in [3.05, 3.63) is 0 Å². The van der Waals surface area contributed by atoms with Gasteiger partial charge in [0.25, 0.3) is 0 Å². The minimum Gasteiger partial charge on any atom is -0.481 e. The van der Waals surface area contributed by atoms with E-state index in [9.17, 15) is 18.0 Å². The molecule has 0 aromatic rings. The van der Waals surface area contributed by atoms with Gasteiger partial charge in [0.2, 0.25) is 0 Å². The van der Waals surface area contributed by atoms with Crippen LogP contribution in [-0.4, -0.2) is 41.3 Å². The zero-order valence-corrected chi connectivity index (χ0v) is 9.83. The number of rotatable bonds is 4. The second-order valence-corrected chi connectivity index (χ2v) is 4.54. The highest BCUT2D eigenvalue weighted by molar-refractivity contribution is 5.67. The number of halogens is 3. The first kappa shape index (κ1) is 14.3. The number of alkyl halides is 3. The maximum atomic E-state index is 12.7. The lowest BCUT2D eigenvalue weighted by Crippen LogP contribution is -2.50. The van der Waals surface area contributed by atoms with Gasteiger partial charge in [0.15, 0.2) is 0 Å². The molecule has 100 valence electrons. The Bertz CT molecular complexity index is 260. The topological polar surface area (TPSA) is 40.5 Å². The summed E-state index contributed by atoms with van der Waals surface area (Å²) in [6.07, 6.45) is -2.90. The molecule has 0 saturated carbocycles. The molecule has 6 heteroatoms. The van der Waals surface area contributed by atoms with E-state index in [-0.39, 0.29) is 0 Å². The van der Waals surface area contributed by atoms with Crippen molar-refractivity contribution in [2.24, 2.45) is 5.92 Å². The van der Waals surface area contributed by atoms with Crippen molar-refractivity contribution in [3.63, 3.8) is 0 Å². The van der Waals surface area contributed by atoms with Crippen molar-refractivity contribution in [3.8, 4) is 0 Å². The van der Waals surface area contributed by atoms with E-state index in [2.05, 4.69) is 0 Å². The van der Waals surface area contributed by atoms with Gasteiger partial charge in [-0.3, -0.25) is 9.69 Å². The predicted molar refractivity (Wildman–Crippen MR) is 56.7 cm³/mol. The Balaban J connectivity index is 2.62. The predicted octanol–water partition coefficient (Wildman–Crippen LogP) is 2.51. The van der Waals surface area contributed by atoms with Gasteiger partial charge in [0.1, 0.15) is 6.04 Å². The van der Waals surface area contributed by atoms with Crippen molar-refractivity contribution < 1.29 is 23.1 Å². The molecule has 3 nitrogen and oxygen atoms in total. The van der Waals surface area contributed by atoms with Crippen LogP contribution >= 0.6 is 0 Å². The van der Waals surface area contributed by atoms with Crippen LogP contribution in [0.3, 0.4) is 0 Å². The van der Waals surface area contributed by atoms with Gasteiger partial charge in [0.05, 0.1) is 6.42 Å². The summed E-state index contributed by atoms with van der Waals surface area (Å²) < 4.78 is 38.2. The van der Waals surface area contributed by atoms with Crippen LogP contribution in [0.25, 0.3) is 0 Å². The second kappa shape index (κ2) is 5.71. The molecule has 1 heterocycles. The molecule has 1 atom stereocenters. The Labute approximate surface area is 98.6 Å². The number of carboxylic acids is 1. The van der Waals surface area contributed by atoms with E-state index < -0.39 is 24.6 Å². The molecule has 1 saturated heterocycles. The Kier molecular flexibility index (Phi) is 4.80. The molecule has 0 radical (unpaired) electrons. The van der Waals surface area contributed by atoms with E-state index in [1.807, 2.05) is 6.92 Å². The third kappa shape index (κ3) is 4.18. The molecule has 0 aromatic heterocycles. The van der Waals surface area contributed by atoms with Gasteiger partial charge in [-0.15, -0.1) is 0 Å². The number of carboxylic acid groups (broad SMARTS) is 1. The van der Waals surface area contributed by atoms with Gasteiger partial charge in [0, 0.05) is 0 Å². The van der Waals surface area contributed by atoms with E-state index in [0.717, 1.165) is 19.3 Å². The first-order chi connectivity index (χ1) is 7.84. The van der Waals surface area contributed by atoms with E-state index in [4.69, 9.17) is 5.11 Å². The van der Waals surface area contributed by atoms with E-state index in [1.54, 1.807) is 0 Å². The number of hydrogen-bond donors (Lipinski definition) is 1. The van der Waals surface area contributed by atoms with Gasteiger partial charge < -0.3 is 5.11 Å². The van der Waals surface area contributed by atoms with Gasteiger partial charge in [-0.1, -0.05) is 13.3 Å². The molecular weight excluding hydrogens is 235 g/mol. The summed E-state index contributed by atoms with van der Waals surface area (Å²) in [5.74, 6) is -0.921. The van der Waals surface area contributed by atoms with Crippen LogP contribution in [0.2, 0.25) is 0 Å². The summed E-state index contributed by atoms with van der Waals surface area (Å²) >= 11 is 0. The largest absolute Gasteiger partial charge is 0.481 e. The van der Waals surface area contributed by atoms with Gasteiger partial charge in [-0.25, -0.2) is 0 Å². The number of carbonyl (C=O) groups is 1. The van der Waals surface area contributed by atoms with Crippen molar-refractivity contribution in [1.29, 1.82) is 0 Å². The Hall–Kier alpha value is -0.780. The highest BCUT2D eigenvalue weighted by atomic mass is 19.4. The molecule has 0 aliphatic carbocycles. The average molecular weight is 253 g/mol. The molecule has 1 aliphatic rings. The standard InChI is InChI=1S/C11H18F3NO2/c1-2-8-3-5-15(6-4-8)9(7-10(16)17)11(12,13)14/h8-9H,2-7H2,1H3,(H,16,17). The number of hydrogen-bond acceptors (Lipinski definition) is 2. The fraction of sp³-hybridized carbons (Fsp3) is 0.909. The second-order valence-electron chi connectivity index (χ2n) is 4.54. The van der Waals surface area contributed by atoms with Crippen molar-refractivity contribution >= 4 is 5.97 Å². The maximum Gasteiger partial charge on any atom is 0.404 e. The van der Waals surface area contributed by atoms with Crippen molar-refractivity contribution in [1.82, 2.24) is 4.90 Å². The smallest absolute Gasteiger partial charge is 0.404 e. The number of piperidine rings is 1. The first-order valence-corrected chi connectivity index (χ1v) is 5.87. The normalized spacial score (nSPS) is 21.4. The zero-order chi connectivity index (χ0) is 13.1. The fourth-order valence-electron chi connectivity index (χ4n) is 2.29. The van der Waals surface area contributed by atoms with Gasteiger partial charge in [-0.2, -0.15) is 13.2 Å². The summed E-state index contributed by atoms with van der Waals surface area (Å²) in [6.45, 7) is 2.71. The molecule has 17 heavy (non-hydrogen) atoms. The number of nitrogens with zero attached hydrogens (tertiary/aromatic N) is 1. The molecule has 1 fully saturated rings. The quantitative estimate of drug-likeness (QED) is 0.837. The lowest BCUT2D eigenvalue weighted by atomic mass is 9.93. The summed E-state index contributed by atoms with van der Waals surface area (Å²) in [5.41, 5.74) is 0. The lowest BCUT2D eigenvalue weighted by molar-refractivity contribution is -0.193. The summed E-state index contributed by atoms with van der Waals surface area (Å²) in [6, 6.07) is -1.84. The third-order valence-electron chi connectivity index (χ3n) is 3.41. The van der Waals surface area contributed by atoms with Crippen LogP contribution in [0.1, 0.15) is 32.6 Å². The van der Waals surface area contributed by atoms with E-state index >= 15 is 0 Å². The SMILES string of the molecule is CCC1CCN(C(CC(=O)O)C(F)(F)F)CC1. The van der Waals surface area contributed by atoms with Gasteiger partial charge in [-0.05, 0) is 31.8 Å². The summed E-state index contributed by atoms with van der Waals surface area (Å²) in [4.78, 5) is 11.8. The highest BCUT2D eigenvalue weighted by Gasteiger charge is 2.45.